The van der Waals surface area contributed by atoms with Crippen LogP contribution in [0.4, 0.5) is 0 Å². The maximum absolute atomic E-state index is 10.3. The van der Waals surface area contributed by atoms with E-state index in [0.717, 1.165) is 18.8 Å². The van der Waals surface area contributed by atoms with E-state index in [2.05, 4.69) is 57.7 Å². The lowest BCUT2D eigenvalue weighted by atomic mass is 10.0. The fourth-order valence-corrected chi connectivity index (χ4v) is 3.21. The molecule has 3 unspecified atom stereocenters. The lowest BCUT2D eigenvalue weighted by molar-refractivity contribution is -0.0787. The fraction of sp³-hybridized carbons (Fsp3) is 0.684. The van der Waals surface area contributed by atoms with Gasteiger partial charge < -0.3 is 27.0 Å². The number of hydrogen-bond acceptors (Lipinski definition) is 4. The Bertz CT molecular complexity index is 505. The van der Waals surface area contributed by atoms with E-state index < -0.39 is 6.10 Å². The second-order valence-corrected chi connectivity index (χ2v) is 7.14. The minimum absolute atomic E-state index is 0. The standard InChI is InChI=1S/C19H31NO3.ClH/c1-13(2)18-7-6-14(3)8-19(18)22-12-17(21)11-20-9-15(4)23-16(5)10-20;/h6-8,13,15-17,21H,9-12H2,1-5H3;1H. The van der Waals surface area contributed by atoms with Crippen LogP contribution in [0.25, 0.3) is 0 Å². The fourth-order valence-electron chi connectivity index (χ4n) is 3.21. The molecule has 24 heavy (non-hydrogen) atoms. The highest BCUT2D eigenvalue weighted by atomic mass is 35.5. The smallest absolute Gasteiger partial charge is 1.00 e. The monoisotopic (exact) mass is 357 g/mol. The Kier molecular flexibility index (Phi) is 8.51. The molecule has 1 aliphatic rings. The minimum atomic E-state index is -0.493. The Hall–Kier alpha value is -0.810. The number of aryl methyl sites for hydroxylation is 1. The van der Waals surface area contributed by atoms with Crippen LogP contribution in [0.1, 0.15) is 46.2 Å². The molecule has 0 saturated carbocycles. The Balaban J connectivity index is 0.00000288. The van der Waals surface area contributed by atoms with Gasteiger partial charge in [0.05, 0.1) is 12.2 Å². The number of benzene rings is 1. The lowest BCUT2D eigenvalue weighted by Gasteiger charge is -2.36. The van der Waals surface area contributed by atoms with Crippen LogP contribution in [0, 0.1) is 6.92 Å². The van der Waals surface area contributed by atoms with E-state index in [1.807, 2.05) is 0 Å². The first-order valence-electron chi connectivity index (χ1n) is 8.64. The Morgan fingerprint density at radius 3 is 2.50 bits per heavy atom. The molecule has 138 valence electrons. The summed E-state index contributed by atoms with van der Waals surface area (Å²) in [6.07, 6.45) is -0.0552. The SMILES string of the molecule is Cc1ccc(C(C)C)c(OCC(O)CN2CC(C)OC(C)C2)c1.[Cl-].[H+]. The molecule has 1 aliphatic heterocycles. The molecule has 2 rings (SSSR count). The molecule has 0 aliphatic carbocycles. The molecular weight excluding hydrogens is 326 g/mol. The van der Waals surface area contributed by atoms with E-state index in [0.29, 0.717) is 19.1 Å². The summed E-state index contributed by atoms with van der Waals surface area (Å²) in [6, 6.07) is 6.28. The summed E-state index contributed by atoms with van der Waals surface area (Å²) in [6.45, 7) is 13.2. The van der Waals surface area contributed by atoms with Crippen LogP contribution in [0.2, 0.25) is 0 Å². The van der Waals surface area contributed by atoms with Crippen LogP contribution < -0.4 is 17.1 Å². The van der Waals surface area contributed by atoms with Crippen LogP contribution in [0.3, 0.4) is 0 Å². The van der Waals surface area contributed by atoms with Crippen molar-refractivity contribution in [2.24, 2.45) is 0 Å². The summed E-state index contributed by atoms with van der Waals surface area (Å²) in [4.78, 5) is 2.26. The van der Waals surface area contributed by atoms with Crippen LogP contribution in [-0.4, -0.2) is 54.6 Å². The van der Waals surface area contributed by atoms with Gasteiger partial charge in [0.1, 0.15) is 18.5 Å². The van der Waals surface area contributed by atoms with E-state index >= 15 is 0 Å². The third kappa shape index (κ3) is 6.25. The Morgan fingerprint density at radius 2 is 1.92 bits per heavy atom. The van der Waals surface area contributed by atoms with Crippen LogP contribution >= 0.6 is 0 Å². The first kappa shape index (κ1) is 21.2. The molecule has 1 saturated heterocycles. The molecule has 0 aromatic heterocycles. The number of β-amino-alcohol motifs (C(OH)–C–C–N with tert-alkyl or cyclic N) is 1. The number of morpholine rings is 1. The zero-order valence-electron chi connectivity index (χ0n) is 16.5. The van der Waals surface area contributed by atoms with Gasteiger partial charge >= 0.3 is 1.43 Å². The van der Waals surface area contributed by atoms with Crippen molar-refractivity contribution in [3.8, 4) is 5.75 Å². The van der Waals surface area contributed by atoms with Crippen molar-refractivity contribution >= 4 is 0 Å². The summed E-state index contributed by atoms with van der Waals surface area (Å²) in [7, 11) is 0. The molecule has 3 atom stereocenters. The first-order chi connectivity index (χ1) is 10.8. The van der Waals surface area contributed by atoms with E-state index in [1.165, 1.54) is 11.1 Å². The number of halogens is 1. The quantitative estimate of drug-likeness (QED) is 0.783. The topological polar surface area (TPSA) is 41.9 Å². The van der Waals surface area contributed by atoms with Gasteiger partial charge in [-0.25, -0.2) is 0 Å². The van der Waals surface area contributed by atoms with Crippen molar-refractivity contribution < 1.29 is 28.4 Å². The maximum Gasteiger partial charge on any atom is 1.00 e. The number of hydrogen-bond donors (Lipinski definition) is 1. The van der Waals surface area contributed by atoms with Gasteiger partial charge in [-0.15, -0.1) is 0 Å². The predicted molar refractivity (Wildman–Crippen MR) is 94.3 cm³/mol. The van der Waals surface area contributed by atoms with Crippen LogP contribution in [-0.2, 0) is 4.74 Å². The highest BCUT2D eigenvalue weighted by Crippen LogP contribution is 2.27. The molecule has 4 nitrogen and oxygen atoms in total. The van der Waals surface area contributed by atoms with Gasteiger partial charge in [-0.2, -0.15) is 0 Å². The van der Waals surface area contributed by atoms with E-state index in [1.54, 1.807) is 0 Å². The Morgan fingerprint density at radius 1 is 1.29 bits per heavy atom. The van der Waals surface area contributed by atoms with Gasteiger partial charge in [-0.05, 0) is 43.9 Å². The highest BCUT2D eigenvalue weighted by molar-refractivity contribution is 5.39. The van der Waals surface area contributed by atoms with E-state index in [-0.39, 0.29) is 26.0 Å². The third-order valence-corrected chi connectivity index (χ3v) is 4.19. The van der Waals surface area contributed by atoms with Gasteiger partial charge in [-0.3, -0.25) is 4.90 Å². The average Bonchev–Trinajstić information content (AvgIpc) is 2.43. The van der Waals surface area contributed by atoms with Crippen LogP contribution in [0.5, 0.6) is 5.75 Å². The lowest BCUT2D eigenvalue weighted by Crippen LogP contribution is -3.00. The number of ether oxygens (including phenoxy) is 2. The molecule has 0 bridgehead atoms. The summed E-state index contributed by atoms with van der Waals surface area (Å²) < 4.78 is 11.7. The molecule has 0 spiro atoms. The number of nitrogens with zero attached hydrogens (tertiary/aromatic N) is 1. The van der Waals surface area contributed by atoms with Gasteiger partial charge in [0, 0.05) is 19.6 Å². The second-order valence-electron chi connectivity index (χ2n) is 7.14. The minimum Gasteiger partial charge on any atom is -1.00 e. The first-order valence-corrected chi connectivity index (χ1v) is 8.64. The summed E-state index contributed by atoms with van der Waals surface area (Å²) in [5, 5.41) is 10.3. The molecule has 5 heteroatoms. The van der Waals surface area contributed by atoms with Crippen molar-refractivity contribution in [3.05, 3.63) is 29.3 Å². The van der Waals surface area contributed by atoms with Gasteiger partial charge in [0.15, 0.2) is 0 Å². The van der Waals surface area contributed by atoms with Crippen molar-refractivity contribution in [1.82, 2.24) is 4.90 Å². The van der Waals surface area contributed by atoms with Crippen molar-refractivity contribution in [2.75, 3.05) is 26.2 Å². The van der Waals surface area contributed by atoms with Gasteiger partial charge in [0.25, 0.3) is 0 Å². The number of aliphatic hydroxyl groups excluding tert-OH is 1. The molecule has 1 aromatic rings. The van der Waals surface area contributed by atoms with Crippen molar-refractivity contribution in [3.63, 3.8) is 0 Å². The predicted octanol–water partition coefficient (Wildman–Crippen LogP) is 0.0838. The largest absolute Gasteiger partial charge is 1.00 e. The molecule has 1 N–H and O–H groups in total. The summed E-state index contributed by atoms with van der Waals surface area (Å²) in [5.74, 6) is 1.30. The summed E-state index contributed by atoms with van der Waals surface area (Å²) >= 11 is 0. The molecule has 0 radical (unpaired) electrons. The number of aliphatic hydroxyl groups is 1. The van der Waals surface area contributed by atoms with Gasteiger partial charge in [0.2, 0.25) is 0 Å². The van der Waals surface area contributed by atoms with E-state index in [9.17, 15) is 5.11 Å². The normalized spacial score (nSPS) is 23.0. The molecule has 0 amide bonds. The number of rotatable bonds is 6. The highest BCUT2D eigenvalue weighted by Gasteiger charge is 2.24. The molecule has 1 heterocycles. The van der Waals surface area contributed by atoms with Crippen LogP contribution in [0.15, 0.2) is 18.2 Å². The maximum atomic E-state index is 10.3. The molecule has 1 aromatic carbocycles. The zero-order chi connectivity index (χ0) is 17.0. The van der Waals surface area contributed by atoms with Gasteiger partial charge in [-0.1, -0.05) is 26.0 Å². The second kappa shape index (κ2) is 9.62. The molecular formula is C19H32ClNO3. The van der Waals surface area contributed by atoms with E-state index in [4.69, 9.17) is 9.47 Å². The molecule has 1 fully saturated rings. The van der Waals surface area contributed by atoms with Crippen molar-refractivity contribution in [2.45, 2.75) is 58.8 Å². The zero-order valence-corrected chi connectivity index (χ0v) is 16.2. The third-order valence-electron chi connectivity index (χ3n) is 4.19. The van der Waals surface area contributed by atoms with Crippen molar-refractivity contribution in [1.29, 1.82) is 0 Å². The summed E-state index contributed by atoms with van der Waals surface area (Å²) in [5.41, 5.74) is 2.37. The average molecular weight is 358 g/mol. The Labute approximate surface area is 154 Å².